The molecule has 0 N–H and O–H groups in total. The molecule has 1 heterocycles. The van der Waals surface area contributed by atoms with Crippen molar-refractivity contribution in [2.75, 3.05) is 33.9 Å². The van der Waals surface area contributed by atoms with Crippen molar-refractivity contribution < 1.29 is 19.1 Å². The average Bonchev–Trinajstić information content (AvgIpc) is 2.94. The molecule has 0 spiro atoms. The highest BCUT2D eigenvalue weighted by molar-refractivity contribution is 7.10. The van der Waals surface area contributed by atoms with Crippen LogP contribution in [0.5, 0.6) is 0 Å². The van der Waals surface area contributed by atoms with Crippen LogP contribution in [0, 0.1) is 0 Å². The standard InChI is InChI=1S/C14H21NO4S/c1-18-9-4-7-15(8-6-14(17)19-2)13(16)11-12-5-3-10-20-12/h3,5,10H,4,6-9,11H2,1-2H3. The molecule has 0 saturated carbocycles. The van der Waals surface area contributed by atoms with Crippen LogP contribution < -0.4 is 0 Å². The highest BCUT2D eigenvalue weighted by Gasteiger charge is 2.15. The summed E-state index contributed by atoms with van der Waals surface area (Å²) >= 11 is 1.56. The second-order valence-electron chi connectivity index (χ2n) is 4.31. The Hall–Kier alpha value is -1.40. The van der Waals surface area contributed by atoms with Crippen molar-refractivity contribution in [3.63, 3.8) is 0 Å². The van der Waals surface area contributed by atoms with Crippen molar-refractivity contribution in [2.24, 2.45) is 0 Å². The van der Waals surface area contributed by atoms with Crippen molar-refractivity contribution >= 4 is 23.2 Å². The maximum atomic E-state index is 12.2. The zero-order valence-electron chi connectivity index (χ0n) is 12.0. The smallest absolute Gasteiger partial charge is 0.307 e. The molecule has 0 aromatic carbocycles. The molecular formula is C14H21NO4S. The van der Waals surface area contributed by atoms with Crippen LogP contribution >= 0.6 is 11.3 Å². The number of carbonyl (C=O) groups is 2. The summed E-state index contributed by atoms with van der Waals surface area (Å²) in [6.07, 6.45) is 1.36. The lowest BCUT2D eigenvalue weighted by Crippen LogP contribution is -2.35. The number of rotatable bonds is 9. The highest BCUT2D eigenvalue weighted by atomic mass is 32.1. The maximum Gasteiger partial charge on any atom is 0.307 e. The van der Waals surface area contributed by atoms with Gasteiger partial charge < -0.3 is 14.4 Å². The minimum absolute atomic E-state index is 0.0347. The van der Waals surface area contributed by atoms with E-state index in [2.05, 4.69) is 4.74 Å². The normalized spacial score (nSPS) is 10.3. The van der Waals surface area contributed by atoms with Gasteiger partial charge in [-0.3, -0.25) is 9.59 Å². The molecule has 6 heteroatoms. The molecule has 5 nitrogen and oxygen atoms in total. The Balaban J connectivity index is 2.50. The summed E-state index contributed by atoms with van der Waals surface area (Å²) in [6, 6.07) is 3.87. The van der Waals surface area contributed by atoms with Crippen LogP contribution in [-0.4, -0.2) is 50.7 Å². The van der Waals surface area contributed by atoms with Crippen LogP contribution in [-0.2, 0) is 25.5 Å². The van der Waals surface area contributed by atoms with Gasteiger partial charge in [0.1, 0.15) is 0 Å². The quantitative estimate of drug-likeness (QED) is 0.514. The topological polar surface area (TPSA) is 55.8 Å². The average molecular weight is 299 g/mol. The van der Waals surface area contributed by atoms with E-state index in [0.717, 1.165) is 11.3 Å². The number of ether oxygens (including phenoxy) is 2. The summed E-state index contributed by atoms with van der Waals surface area (Å²) in [5.74, 6) is -0.266. The molecule has 1 aromatic rings. The Morgan fingerprint density at radius 1 is 1.30 bits per heavy atom. The van der Waals surface area contributed by atoms with E-state index in [9.17, 15) is 9.59 Å². The lowest BCUT2D eigenvalue weighted by molar-refractivity contribution is -0.141. The van der Waals surface area contributed by atoms with E-state index < -0.39 is 0 Å². The van der Waals surface area contributed by atoms with Crippen molar-refractivity contribution in [3.05, 3.63) is 22.4 Å². The summed E-state index contributed by atoms with van der Waals surface area (Å²) in [5, 5.41) is 1.95. The molecule has 1 rings (SSSR count). The number of amides is 1. The summed E-state index contributed by atoms with van der Waals surface area (Å²) < 4.78 is 9.61. The van der Waals surface area contributed by atoms with E-state index in [1.807, 2.05) is 17.5 Å². The molecule has 20 heavy (non-hydrogen) atoms. The molecule has 0 unspecified atom stereocenters. The predicted molar refractivity (Wildman–Crippen MR) is 77.7 cm³/mol. The Labute approximate surface area is 123 Å². The molecule has 0 fully saturated rings. The van der Waals surface area contributed by atoms with E-state index in [-0.39, 0.29) is 18.3 Å². The van der Waals surface area contributed by atoms with E-state index in [1.165, 1.54) is 7.11 Å². The van der Waals surface area contributed by atoms with Crippen LogP contribution in [0.4, 0.5) is 0 Å². The van der Waals surface area contributed by atoms with Crippen molar-refractivity contribution in [3.8, 4) is 0 Å². The summed E-state index contributed by atoms with van der Waals surface area (Å²) in [6.45, 7) is 1.58. The van der Waals surface area contributed by atoms with Crippen molar-refractivity contribution in [2.45, 2.75) is 19.3 Å². The Bertz CT molecular complexity index is 405. The highest BCUT2D eigenvalue weighted by Crippen LogP contribution is 2.11. The van der Waals surface area contributed by atoms with E-state index >= 15 is 0 Å². The molecule has 1 amide bonds. The van der Waals surface area contributed by atoms with Crippen LogP contribution in [0.25, 0.3) is 0 Å². The van der Waals surface area contributed by atoms with Gasteiger partial charge in [0.25, 0.3) is 0 Å². The largest absolute Gasteiger partial charge is 0.469 e. The molecule has 1 aromatic heterocycles. The fourth-order valence-electron chi connectivity index (χ4n) is 1.76. The van der Waals surface area contributed by atoms with Gasteiger partial charge in [-0.2, -0.15) is 0 Å². The molecule has 112 valence electrons. The van der Waals surface area contributed by atoms with Crippen molar-refractivity contribution in [1.29, 1.82) is 0 Å². The van der Waals surface area contributed by atoms with E-state index in [1.54, 1.807) is 23.3 Å². The number of carbonyl (C=O) groups excluding carboxylic acids is 2. The van der Waals surface area contributed by atoms with Gasteiger partial charge in [-0.05, 0) is 17.9 Å². The first-order valence-electron chi connectivity index (χ1n) is 6.53. The maximum absolute atomic E-state index is 12.2. The molecule has 0 radical (unpaired) electrons. The first kappa shape index (κ1) is 16.7. The third-order valence-corrected chi connectivity index (χ3v) is 3.72. The lowest BCUT2D eigenvalue weighted by atomic mass is 10.2. The van der Waals surface area contributed by atoms with Crippen molar-refractivity contribution in [1.82, 2.24) is 4.90 Å². The summed E-state index contributed by atoms with van der Waals surface area (Å²) in [4.78, 5) is 26.2. The molecule has 0 aliphatic carbocycles. The van der Waals surface area contributed by atoms with Gasteiger partial charge in [0.05, 0.1) is 20.0 Å². The number of nitrogens with zero attached hydrogens (tertiary/aromatic N) is 1. The van der Waals surface area contributed by atoms with Gasteiger partial charge in [0.2, 0.25) is 5.91 Å². The second kappa shape index (κ2) is 9.50. The van der Waals surface area contributed by atoms with Gasteiger partial charge in [0, 0.05) is 31.7 Å². The monoisotopic (exact) mass is 299 g/mol. The Morgan fingerprint density at radius 2 is 2.10 bits per heavy atom. The third kappa shape index (κ3) is 6.16. The van der Waals surface area contributed by atoms with E-state index in [4.69, 9.17) is 4.74 Å². The first-order valence-corrected chi connectivity index (χ1v) is 7.41. The van der Waals surface area contributed by atoms with Gasteiger partial charge in [-0.15, -0.1) is 11.3 Å². The molecular weight excluding hydrogens is 278 g/mol. The summed E-state index contributed by atoms with van der Waals surface area (Å²) in [5.41, 5.74) is 0. The number of hydrogen-bond donors (Lipinski definition) is 0. The predicted octanol–water partition coefficient (Wildman–Crippen LogP) is 1.72. The fraction of sp³-hybridized carbons (Fsp3) is 0.571. The fourth-order valence-corrected chi connectivity index (χ4v) is 2.46. The van der Waals surface area contributed by atoms with Crippen LogP contribution in [0.3, 0.4) is 0 Å². The molecule has 0 aliphatic heterocycles. The number of hydrogen-bond acceptors (Lipinski definition) is 5. The number of methoxy groups -OCH3 is 2. The third-order valence-electron chi connectivity index (χ3n) is 2.85. The number of thiophene rings is 1. The summed E-state index contributed by atoms with van der Waals surface area (Å²) in [7, 11) is 2.98. The molecule has 0 saturated heterocycles. The van der Waals surface area contributed by atoms with Gasteiger partial charge in [0.15, 0.2) is 0 Å². The Kier molecular flexibility index (Phi) is 7.91. The van der Waals surface area contributed by atoms with E-state index in [0.29, 0.717) is 26.1 Å². The zero-order valence-corrected chi connectivity index (χ0v) is 12.8. The minimum Gasteiger partial charge on any atom is -0.469 e. The zero-order chi connectivity index (χ0) is 14.8. The SMILES string of the molecule is COCCCN(CCC(=O)OC)C(=O)Cc1cccs1. The first-order chi connectivity index (χ1) is 9.67. The molecule has 0 bridgehead atoms. The number of esters is 1. The van der Waals surface area contributed by atoms with Gasteiger partial charge >= 0.3 is 5.97 Å². The van der Waals surface area contributed by atoms with Crippen LogP contribution in [0.15, 0.2) is 17.5 Å². The minimum atomic E-state index is -0.300. The molecule has 0 atom stereocenters. The Morgan fingerprint density at radius 3 is 2.70 bits per heavy atom. The van der Waals surface area contributed by atoms with Gasteiger partial charge in [-0.25, -0.2) is 0 Å². The lowest BCUT2D eigenvalue weighted by Gasteiger charge is -2.22. The molecule has 0 aliphatic rings. The second-order valence-corrected chi connectivity index (χ2v) is 5.34. The van der Waals surface area contributed by atoms with Crippen LogP contribution in [0.2, 0.25) is 0 Å². The van der Waals surface area contributed by atoms with Crippen LogP contribution in [0.1, 0.15) is 17.7 Å². The van der Waals surface area contributed by atoms with Gasteiger partial charge in [-0.1, -0.05) is 6.07 Å².